The lowest BCUT2D eigenvalue weighted by molar-refractivity contribution is -0.0431. The van der Waals surface area contributed by atoms with Crippen LogP contribution < -0.4 is 14.8 Å². The van der Waals surface area contributed by atoms with Crippen molar-refractivity contribution in [3.05, 3.63) is 29.3 Å². The number of phenolic OH excluding ortho intramolecular Hbond substituents is 1. The van der Waals surface area contributed by atoms with Crippen molar-refractivity contribution in [2.24, 2.45) is 0 Å². The summed E-state index contributed by atoms with van der Waals surface area (Å²) >= 11 is 7.51. The molecule has 2 aromatic carbocycles. The van der Waals surface area contributed by atoms with Crippen LogP contribution in [0.4, 0.5) is 11.4 Å². The Labute approximate surface area is 131 Å². The number of rotatable bonds is 0. The van der Waals surface area contributed by atoms with E-state index in [0.29, 0.717) is 5.02 Å². The molecule has 2 aliphatic rings. The standard InChI is InChI=1S/C15H12ClNO3S/c1-15(2)19-11-4-9-14(6-12(11)20-15)21-13-5-10(18)7(16)3-8(13)17-9/h3-6,17-18H,1-2H3. The van der Waals surface area contributed by atoms with E-state index in [4.69, 9.17) is 21.1 Å². The number of benzene rings is 2. The Bertz CT molecular complexity index is 714. The van der Waals surface area contributed by atoms with Crippen molar-refractivity contribution >= 4 is 34.7 Å². The van der Waals surface area contributed by atoms with E-state index >= 15 is 0 Å². The van der Waals surface area contributed by atoms with Gasteiger partial charge in [0.05, 0.1) is 16.4 Å². The predicted octanol–water partition coefficient (Wildman–Crippen LogP) is 4.76. The Morgan fingerprint density at radius 1 is 1.05 bits per heavy atom. The number of phenols is 1. The highest BCUT2D eigenvalue weighted by atomic mass is 35.5. The molecule has 108 valence electrons. The summed E-state index contributed by atoms with van der Waals surface area (Å²) in [5.74, 6) is 0.885. The number of aromatic hydroxyl groups is 1. The predicted molar refractivity (Wildman–Crippen MR) is 82.3 cm³/mol. The maximum Gasteiger partial charge on any atom is 0.246 e. The van der Waals surface area contributed by atoms with Gasteiger partial charge in [-0.15, -0.1) is 0 Å². The van der Waals surface area contributed by atoms with Gasteiger partial charge < -0.3 is 19.9 Å². The second kappa shape index (κ2) is 4.15. The minimum atomic E-state index is -0.647. The molecule has 2 aromatic rings. The summed E-state index contributed by atoms with van der Waals surface area (Å²) < 4.78 is 11.5. The van der Waals surface area contributed by atoms with E-state index in [1.54, 1.807) is 23.9 Å². The van der Waals surface area contributed by atoms with Crippen LogP contribution in [0.3, 0.4) is 0 Å². The Balaban J connectivity index is 1.78. The Morgan fingerprint density at radius 2 is 1.67 bits per heavy atom. The largest absolute Gasteiger partial charge is 0.506 e. The third kappa shape index (κ3) is 2.08. The molecule has 4 nitrogen and oxygen atoms in total. The molecule has 6 heteroatoms. The molecule has 0 fully saturated rings. The third-order valence-electron chi connectivity index (χ3n) is 3.30. The molecular formula is C15H12ClNO3S. The van der Waals surface area contributed by atoms with Gasteiger partial charge in [-0.2, -0.15) is 0 Å². The fourth-order valence-corrected chi connectivity index (χ4v) is 3.60. The number of hydrogen-bond donors (Lipinski definition) is 2. The minimum absolute atomic E-state index is 0.0787. The van der Waals surface area contributed by atoms with Crippen molar-refractivity contribution in [2.45, 2.75) is 29.4 Å². The number of hydrogen-bond acceptors (Lipinski definition) is 5. The lowest BCUT2D eigenvalue weighted by Crippen LogP contribution is -2.29. The first-order chi connectivity index (χ1) is 9.91. The van der Waals surface area contributed by atoms with Gasteiger partial charge in [0.2, 0.25) is 5.79 Å². The van der Waals surface area contributed by atoms with Crippen LogP contribution in [0.25, 0.3) is 0 Å². The Kier molecular flexibility index (Phi) is 2.56. The first-order valence-electron chi connectivity index (χ1n) is 6.45. The molecule has 2 aliphatic heterocycles. The number of halogens is 1. The highest BCUT2D eigenvalue weighted by Crippen LogP contribution is 2.52. The van der Waals surface area contributed by atoms with Gasteiger partial charge in [-0.05, 0) is 12.1 Å². The molecule has 0 radical (unpaired) electrons. The molecule has 0 aliphatic carbocycles. The molecule has 0 saturated heterocycles. The molecule has 2 heterocycles. The normalized spacial score (nSPS) is 16.9. The summed E-state index contributed by atoms with van der Waals surface area (Å²) in [7, 11) is 0. The average molecular weight is 322 g/mol. The number of ether oxygens (including phenoxy) is 2. The van der Waals surface area contributed by atoms with Gasteiger partial charge in [-0.3, -0.25) is 0 Å². The Hall–Kier alpha value is -1.72. The van der Waals surface area contributed by atoms with Gasteiger partial charge in [0.1, 0.15) is 5.75 Å². The van der Waals surface area contributed by atoms with E-state index in [0.717, 1.165) is 32.7 Å². The highest BCUT2D eigenvalue weighted by Gasteiger charge is 2.33. The quantitative estimate of drug-likeness (QED) is 0.585. The smallest absolute Gasteiger partial charge is 0.246 e. The van der Waals surface area contributed by atoms with Crippen LogP contribution in [0, 0.1) is 0 Å². The summed E-state index contributed by atoms with van der Waals surface area (Å²) in [5.41, 5.74) is 1.81. The van der Waals surface area contributed by atoms with Gasteiger partial charge >= 0.3 is 0 Å². The molecule has 21 heavy (non-hydrogen) atoms. The zero-order valence-electron chi connectivity index (χ0n) is 11.4. The lowest BCUT2D eigenvalue weighted by atomic mass is 10.2. The van der Waals surface area contributed by atoms with Crippen molar-refractivity contribution in [2.75, 3.05) is 5.32 Å². The number of anilines is 2. The van der Waals surface area contributed by atoms with Crippen molar-refractivity contribution in [3.8, 4) is 17.2 Å². The van der Waals surface area contributed by atoms with Gasteiger partial charge in [-0.1, -0.05) is 23.4 Å². The average Bonchev–Trinajstić information content (AvgIpc) is 2.68. The first-order valence-corrected chi connectivity index (χ1v) is 7.64. The van der Waals surface area contributed by atoms with E-state index in [2.05, 4.69) is 5.32 Å². The molecule has 4 rings (SSSR count). The fourth-order valence-electron chi connectivity index (χ4n) is 2.42. The minimum Gasteiger partial charge on any atom is -0.506 e. The topological polar surface area (TPSA) is 50.7 Å². The lowest BCUT2D eigenvalue weighted by Gasteiger charge is -2.21. The fraction of sp³-hybridized carbons (Fsp3) is 0.200. The molecular weight excluding hydrogens is 310 g/mol. The molecule has 0 amide bonds. The molecule has 0 saturated carbocycles. The van der Waals surface area contributed by atoms with Crippen LogP contribution in [-0.2, 0) is 0 Å². The summed E-state index contributed by atoms with van der Waals surface area (Å²) in [6.45, 7) is 3.75. The van der Waals surface area contributed by atoms with Crippen LogP contribution in [0.1, 0.15) is 13.8 Å². The molecule has 0 atom stereocenters. The molecule has 0 unspecified atom stereocenters. The molecule has 0 bridgehead atoms. The maximum atomic E-state index is 9.73. The summed E-state index contributed by atoms with van der Waals surface area (Å²) in [6.07, 6.45) is 0. The van der Waals surface area contributed by atoms with E-state index in [1.165, 1.54) is 0 Å². The Morgan fingerprint density at radius 3 is 2.43 bits per heavy atom. The van der Waals surface area contributed by atoms with Crippen molar-refractivity contribution < 1.29 is 14.6 Å². The zero-order chi connectivity index (χ0) is 14.8. The summed E-state index contributed by atoms with van der Waals surface area (Å²) in [4.78, 5) is 1.94. The first kappa shape index (κ1) is 13.0. The van der Waals surface area contributed by atoms with E-state index in [9.17, 15) is 5.11 Å². The van der Waals surface area contributed by atoms with E-state index in [1.807, 2.05) is 26.0 Å². The zero-order valence-corrected chi connectivity index (χ0v) is 12.9. The van der Waals surface area contributed by atoms with Crippen LogP contribution in [0.5, 0.6) is 17.2 Å². The third-order valence-corrected chi connectivity index (χ3v) is 4.71. The maximum absolute atomic E-state index is 9.73. The molecule has 2 N–H and O–H groups in total. The van der Waals surface area contributed by atoms with Crippen molar-refractivity contribution in [1.29, 1.82) is 0 Å². The second-order valence-electron chi connectivity index (χ2n) is 5.43. The van der Waals surface area contributed by atoms with Crippen molar-refractivity contribution in [3.63, 3.8) is 0 Å². The highest BCUT2D eigenvalue weighted by molar-refractivity contribution is 7.99. The van der Waals surface area contributed by atoms with E-state index < -0.39 is 5.79 Å². The van der Waals surface area contributed by atoms with Crippen LogP contribution in [0.2, 0.25) is 5.02 Å². The van der Waals surface area contributed by atoms with Crippen molar-refractivity contribution in [1.82, 2.24) is 0 Å². The molecule has 0 spiro atoms. The van der Waals surface area contributed by atoms with Gasteiger partial charge in [0.25, 0.3) is 0 Å². The van der Waals surface area contributed by atoms with Crippen LogP contribution in [0.15, 0.2) is 34.1 Å². The van der Waals surface area contributed by atoms with Gasteiger partial charge in [0.15, 0.2) is 11.5 Å². The second-order valence-corrected chi connectivity index (χ2v) is 6.92. The SMILES string of the molecule is CC1(C)Oc2cc3c(cc2O1)Sc1cc(O)c(Cl)cc1N3. The molecule has 0 aromatic heterocycles. The van der Waals surface area contributed by atoms with Gasteiger partial charge in [-0.25, -0.2) is 0 Å². The monoisotopic (exact) mass is 321 g/mol. The summed E-state index contributed by atoms with van der Waals surface area (Å²) in [6, 6.07) is 7.26. The van der Waals surface area contributed by atoms with E-state index in [-0.39, 0.29) is 5.75 Å². The van der Waals surface area contributed by atoms with Crippen LogP contribution >= 0.6 is 23.4 Å². The van der Waals surface area contributed by atoms with Crippen LogP contribution in [-0.4, -0.2) is 10.9 Å². The number of fused-ring (bicyclic) bond motifs is 3. The van der Waals surface area contributed by atoms with Gasteiger partial charge in [0, 0.05) is 35.8 Å². The summed E-state index contributed by atoms with van der Waals surface area (Å²) in [5, 5.41) is 13.4. The number of nitrogens with one attached hydrogen (secondary N) is 1.